The minimum Gasteiger partial charge on any atom is -0.445 e. The molecule has 0 fully saturated rings. The molecule has 0 aliphatic carbocycles. The number of hydrogen-bond acceptors (Lipinski definition) is 4. The molecule has 0 radical (unpaired) electrons. The van der Waals surface area contributed by atoms with Gasteiger partial charge in [-0.1, -0.05) is 109 Å². The van der Waals surface area contributed by atoms with Gasteiger partial charge < -0.3 is 15.2 Å². The van der Waals surface area contributed by atoms with Crippen molar-refractivity contribution in [3.8, 4) is 0 Å². The third-order valence-electron chi connectivity index (χ3n) is 6.65. The lowest BCUT2D eigenvalue weighted by Crippen LogP contribution is -2.62. The highest BCUT2D eigenvalue weighted by Crippen LogP contribution is 2.15. The SMILES string of the molecule is C[N+](Cc1ccccc1)(C[C@H](O)[C@H](Cc1ccccc1)NC(=O)OCc1ccccc1)NC(=O)c1ccccc1. The van der Waals surface area contributed by atoms with Crippen LogP contribution in [0.2, 0.25) is 0 Å². The van der Waals surface area contributed by atoms with E-state index in [9.17, 15) is 14.7 Å². The first-order valence-corrected chi connectivity index (χ1v) is 13.4. The monoisotopic (exact) mass is 538 g/mol. The minimum atomic E-state index is -1.01. The third-order valence-corrected chi connectivity index (χ3v) is 6.65. The molecule has 2 amide bonds. The van der Waals surface area contributed by atoms with Gasteiger partial charge in [-0.15, -0.1) is 0 Å². The van der Waals surface area contributed by atoms with Crippen LogP contribution in [0, 0.1) is 0 Å². The van der Waals surface area contributed by atoms with Gasteiger partial charge in [0.15, 0.2) is 0 Å². The van der Waals surface area contributed by atoms with E-state index >= 15 is 0 Å². The van der Waals surface area contributed by atoms with Gasteiger partial charge in [0.2, 0.25) is 0 Å². The minimum absolute atomic E-state index is 0.0188. The number of nitrogens with zero attached hydrogens (tertiary/aromatic N) is 1. The molecule has 4 aromatic carbocycles. The summed E-state index contributed by atoms with van der Waals surface area (Å²) in [5, 5.41) is 14.4. The number of aliphatic hydroxyl groups excluding tert-OH is 1. The molecule has 4 aromatic rings. The van der Waals surface area contributed by atoms with Crippen LogP contribution in [0.25, 0.3) is 0 Å². The zero-order chi connectivity index (χ0) is 28.2. The number of benzene rings is 4. The van der Waals surface area contributed by atoms with E-state index in [2.05, 4.69) is 10.7 Å². The topological polar surface area (TPSA) is 87.7 Å². The Hall–Kier alpha value is -4.46. The number of rotatable bonds is 12. The highest BCUT2D eigenvalue weighted by atomic mass is 16.5. The smallest absolute Gasteiger partial charge is 0.407 e. The molecule has 0 aliphatic rings. The molecular weight excluding hydrogens is 502 g/mol. The van der Waals surface area contributed by atoms with Crippen LogP contribution in [0.1, 0.15) is 27.0 Å². The molecule has 3 atom stereocenters. The van der Waals surface area contributed by atoms with Gasteiger partial charge in [0, 0.05) is 11.1 Å². The number of hydrogen-bond donors (Lipinski definition) is 3. The number of likely N-dealkylation sites (N-methyl/N-ethyl adjacent to an activating group) is 1. The Balaban J connectivity index is 1.52. The van der Waals surface area contributed by atoms with E-state index in [0.717, 1.165) is 16.7 Å². The molecule has 0 aliphatic heterocycles. The van der Waals surface area contributed by atoms with Gasteiger partial charge in [-0.3, -0.25) is 4.79 Å². The maximum absolute atomic E-state index is 13.2. The predicted octanol–water partition coefficient (Wildman–Crippen LogP) is 4.88. The molecule has 0 spiro atoms. The van der Waals surface area contributed by atoms with Gasteiger partial charge in [-0.25, -0.2) is 9.39 Å². The fraction of sp³-hybridized carbons (Fsp3) is 0.212. The van der Waals surface area contributed by atoms with Crippen molar-refractivity contribution in [2.24, 2.45) is 0 Å². The van der Waals surface area contributed by atoms with Crippen LogP contribution in [0.5, 0.6) is 0 Å². The van der Waals surface area contributed by atoms with Crippen molar-refractivity contribution >= 4 is 12.0 Å². The maximum Gasteiger partial charge on any atom is 0.407 e. The van der Waals surface area contributed by atoms with Crippen molar-refractivity contribution in [2.45, 2.75) is 31.7 Å². The van der Waals surface area contributed by atoms with Crippen molar-refractivity contribution in [1.82, 2.24) is 10.7 Å². The first kappa shape index (κ1) is 28.5. The van der Waals surface area contributed by atoms with E-state index in [-0.39, 0.29) is 23.7 Å². The molecule has 0 saturated carbocycles. The average Bonchev–Trinajstić information content (AvgIpc) is 2.97. The lowest BCUT2D eigenvalue weighted by molar-refractivity contribution is -0.958. The Morgan fingerprint density at radius 3 is 1.82 bits per heavy atom. The van der Waals surface area contributed by atoms with E-state index in [4.69, 9.17) is 4.74 Å². The summed E-state index contributed by atoms with van der Waals surface area (Å²) in [5.74, 6) is -0.249. The number of alkyl carbamates (subject to hydrolysis) is 1. The molecule has 3 N–H and O–H groups in total. The Labute approximate surface area is 235 Å². The zero-order valence-corrected chi connectivity index (χ0v) is 22.6. The van der Waals surface area contributed by atoms with Crippen molar-refractivity contribution in [1.29, 1.82) is 0 Å². The molecule has 0 heterocycles. The van der Waals surface area contributed by atoms with E-state index in [0.29, 0.717) is 18.5 Å². The fourth-order valence-corrected chi connectivity index (χ4v) is 4.64. The van der Waals surface area contributed by atoms with Crippen LogP contribution in [-0.4, -0.2) is 47.4 Å². The summed E-state index contributed by atoms with van der Waals surface area (Å²) in [6.07, 6.45) is -1.23. The van der Waals surface area contributed by atoms with Crippen LogP contribution in [0.15, 0.2) is 121 Å². The van der Waals surface area contributed by atoms with Gasteiger partial charge in [0.1, 0.15) is 25.8 Å². The van der Waals surface area contributed by atoms with Crippen LogP contribution >= 0.6 is 0 Å². The summed E-state index contributed by atoms with van der Waals surface area (Å²) in [4.78, 5) is 26.0. The van der Waals surface area contributed by atoms with E-state index in [1.54, 1.807) is 12.1 Å². The number of amides is 2. The normalized spacial score (nSPS) is 13.8. The van der Waals surface area contributed by atoms with Crippen molar-refractivity contribution < 1.29 is 24.0 Å². The molecule has 40 heavy (non-hydrogen) atoms. The number of carbonyl (C=O) groups excluding carboxylic acids is 2. The van der Waals surface area contributed by atoms with Gasteiger partial charge in [0.25, 0.3) is 5.91 Å². The van der Waals surface area contributed by atoms with Crippen LogP contribution in [-0.2, 0) is 24.3 Å². The summed E-state index contributed by atoms with van der Waals surface area (Å²) < 4.78 is 5.48. The Morgan fingerprint density at radius 2 is 1.25 bits per heavy atom. The number of quaternary nitrogens is 1. The lowest BCUT2D eigenvalue weighted by atomic mass is 10.0. The molecule has 0 bridgehead atoms. The number of aliphatic hydroxyl groups is 1. The molecule has 1 unspecified atom stereocenters. The molecule has 0 saturated heterocycles. The molecule has 206 valence electrons. The standard InChI is InChI=1S/C33H35N3O4/c1-36(23-27-16-8-3-9-17-27,35-32(38)29-20-12-5-13-21-29)24-31(37)30(22-26-14-6-2-7-15-26)34-33(39)40-25-28-18-10-4-11-19-28/h2-21,30-31,37H,22-25H2,1H3,(H-,34,35,38,39)/p+1/t30-,31-,36?/m0/s1. The van der Waals surface area contributed by atoms with Gasteiger partial charge >= 0.3 is 6.09 Å². The predicted molar refractivity (Wildman–Crippen MR) is 155 cm³/mol. The Bertz CT molecular complexity index is 1340. The van der Waals surface area contributed by atoms with Gasteiger partial charge in [0.05, 0.1) is 13.1 Å². The first-order valence-electron chi connectivity index (χ1n) is 13.4. The van der Waals surface area contributed by atoms with Gasteiger partial charge in [-0.2, -0.15) is 5.43 Å². The Morgan fingerprint density at radius 1 is 0.750 bits per heavy atom. The van der Waals surface area contributed by atoms with E-state index < -0.39 is 18.2 Å². The van der Waals surface area contributed by atoms with Crippen LogP contribution in [0.3, 0.4) is 0 Å². The Kier molecular flexibility index (Phi) is 10.0. The summed E-state index contributed by atoms with van der Waals surface area (Å²) in [6.45, 7) is 0.701. The number of ether oxygens (including phenoxy) is 1. The van der Waals surface area contributed by atoms with E-state index in [1.165, 1.54) is 0 Å². The quantitative estimate of drug-likeness (QED) is 0.177. The third kappa shape index (κ3) is 8.80. The average molecular weight is 539 g/mol. The second-order valence-electron chi connectivity index (χ2n) is 10.1. The van der Waals surface area contributed by atoms with Crippen molar-refractivity contribution in [3.05, 3.63) is 144 Å². The highest BCUT2D eigenvalue weighted by molar-refractivity contribution is 5.93. The summed E-state index contributed by atoms with van der Waals surface area (Å²) in [6, 6.07) is 37.2. The molecule has 7 nitrogen and oxygen atoms in total. The van der Waals surface area contributed by atoms with Crippen molar-refractivity contribution in [2.75, 3.05) is 13.6 Å². The second kappa shape index (κ2) is 14.1. The second-order valence-corrected chi connectivity index (χ2v) is 10.1. The summed E-state index contributed by atoms with van der Waals surface area (Å²) in [5.41, 5.74) is 6.46. The number of nitrogens with one attached hydrogen (secondary N) is 2. The van der Waals surface area contributed by atoms with Crippen molar-refractivity contribution in [3.63, 3.8) is 0 Å². The lowest BCUT2D eigenvalue weighted by Gasteiger charge is -2.37. The molecule has 7 heteroatoms. The molecule has 0 aromatic heterocycles. The first-order chi connectivity index (χ1) is 19.4. The summed E-state index contributed by atoms with van der Waals surface area (Å²) >= 11 is 0. The largest absolute Gasteiger partial charge is 0.445 e. The van der Waals surface area contributed by atoms with Gasteiger partial charge in [-0.05, 0) is 29.7 Å². The summed E-state index contributed by atoms with van der Waals surface area (Å²) in [7, 11) is 1.87. The highest BCUT2D eigenvalue weighted by Gasteiger charge is 2.34. The molecular formula is C33H36N3O4+. The van der Waals surface area contributed by atoms with Crippen LogP contribution < -0.4 is 10.7 Å². The van der Waals surface area contributed by atoms with Crippen LogP contribution in [0.4, 0.5) is 4.79 Å². The fourth-order valence-electron chi connectivity index (χ4n) is 4.64. The van der Waals surface area contributed by atoms with E-state index in [1.807, 2.05) is 116 Å². The maximum atomic E-state index is 13.2. The zero-order valence-electron chi connectivity index (χ0n) is 22.6. The molecule has 4 rings (SSSR count). The number of carbonyl (C=O) groups is 2.